The van der Waals surface area contributed by atoms with Gasteiger partial charge in [-0.3, -0.25) is 9.59 Å². The highest BCUT2D eigenvalue weighted by molar-refractivity contribution is 6.31. The van der Waals surface area contributed by atoms with Gasteiger partial charge in [-0.1, -0.05) is 37.6 Å². The summed E-state index contributed by atoms with van der Waals surface area (Å²) in [5, 5.41) is 5.98. The summed E-state index contributed by atoms with van der Waals surface area (Å²) in [5.74, 6) is 0.391. The number of nitrogens with one attached hydrogen (secondary N) is 2. The molecule has 138 valence electrons. The van der Waals surface area contributed by atoms with E-state index in [4.69, 9.17) is 16.3 Å². The summed E-state index contributed by atoms with van der Waals surface area (Å²) >= 11 is 5.93. The number of hydrogen-bond donors (Lipinski definition) is 2. The maximum absolute atomic E-state index is 12.2. The molecule has 0 saturated heterocycles. The monoisotopic (exact) mass is 374 g/mol. The molecule has 0 saturated carbocycles. The Morgan fingerprint density at radius 3 is 2.19 bits per heavy atom. The van der Waals surface area contributed by atoms with Crippen LogP contribution in [0.4, 0.5) is 0 Å². The summed E-state index contributed by atoms with van der Waals surface area (Å²) in [6, 6.07) is 12.4. The average molecular weight is 375 g/mol. The lowest BCUT2D eigenvalue weighted by Crippen LogP contribution is -2.34. The molecular weight excluding hydrogens is 352 g/mol. The van der Waals surface area contributed by atoms with Gasteiger partial charge in [-0.2, -0.15) is 0 Å². The number of methoxy groups -OCH3 is 1. The van der Waals surface area contributed by atoms with Gasteiger partial charge in [-0.25, -0.2) is 0 Å². The number of benzene rings is 2. The molecule has 2 rings (SSSR count). The summed E-state index contributed by atoms with van der Waals surface area (Å²) in [6.07, 6.45) is 0. The minimum atomic E-state index is -0.306. The first kappa shape index (κ1) is 19.8. The molecule has 0 heterocycles. The summed E-state index contributed by atoms with van der Waals surface area (Å²) in [6.45, 7) is 4.82. The first-order valence-electron chi connectivity index (χ1n) is 8.42. The minimum Gasteiger partial charge on any atom is -0.496 e. The van der Waals surface area contributed by atoms with Crippen molar-refractivity contribution in [3.05, 3.63) is 64.2 Å². The van der Waals surface area contributed by atoms with Gasteiger partial charge in [0.15, 0.2) is 0 Å². The first-order valence-corrected chi connectivity index (χ1v) is 8.80. The maximum atomic E-state index is 12.2. The zero-order valence-corrected chi connectivity index (χ0v) is 15.9. The predicted octanol–water partition coefficient (Wildman–Crippen LogP) is 3.63. The fourth-order valence-electron chi connectivity index (χ4n) is 2.43. The third-order valence-electron chi connectivity index (χ3n) is 3.94. The standard InChI is InChI=1S/C20H23ClN2O3/c1-13(2)14-4-6-15(7-5-14)19(24)22-10-11-23-20(25)17-12-16(21)8-9-18(17)26-3/h4-9,12-13H,10-11H2,1-3H3,(H,22,24)(H,23,25). The Morgan fingerprint density at radius 1 is 1.00 bits per heavy atom. The molecule has 0 aliphatic heterocycles. The van der Waals surface area contributed by atoms with Crippen molar-refractivity contribution in [1.29, 1.82) is 0 Å². The van der Waals surface area contributed by atoms with Crippen molar-refractivity contribution in [2.45, 2.75) is 19.8 Å². The Hall–Kier alpha value is -2.53. The van der Waals surface area contributed by atoms with E-state index >= 15 is 0 Å². The van der Waals surface area contributed by atoms with E-state index in [0.29, 0.717) is 40.9 Å². The summed E-state index contributed by atoms with van der Waals surface area (Å²) < 4.78 is 5.16. The normalized spacial score (nSPS) is 10.5. The molecule has 2 amide bonds. The van der Waals surface area contributed by atoms with E-state index in [9.17, 15) is 9.59 Å². The maximum Gasteiger partial charge on any atom is 0.255 e. The van der Waals surface area contributed by atoms with E-state index in [-0.39, 0.29) is 11.8 Å². The lowest BCUT2D eigenvalue weighted by molar-refractivity contribution is 0.0926. The second kappa shape index (κ2) is 9.25. The Balaban J connectivity index is 1.83. The predicted molar refractivity (Wildman–Crippen MR) is 103 cm³/mol. The van der Waals surface area contributed by atoms with Crippen molar-refractivity contribution < 1.29 is 14.3 Å². The number of carbonyl (C=O) groups is 2. The van der Waals surface area contributed by atoms with Gasteiger partial charge in [0, 0.05) is 23.7 Å². The minimum absolute atomic E-state index is 0.171. The molecule has 26 heavy (non-hydrogen) atoms. The van der Waals surface area contributed by atoms with Crippen LogP contribution in [0.2, 0.25) is 5.02 Å². The van der Waals surface area contributed by atoms with E-state index in [1.807, 2.05) is 12.1 Å². The fraction of sp³-hybridized carbons (Fsp3) is 0.300. The number of halogens is 1. The highest BCUT2D eigenvalue weighted by atomic mass is 35.5. The molecule has 0 atom stereocenters. The molecule has 0 radical (unpaired) electrons. The van der Waals surface area contributed by atoms with Crippen LogP contribution in [0.15, 0.2) is 42.5 Å². The molecule has 2 aromatic carbocycles. The molecule has 0 unspecified atom stereocenters. The molecule has 0 aromatic heterocycles. The molecule has 0 fully saturated rings. The van der Waals surface area contributed by atoms with Crippen LogP contribution in [-0.2, 0) is 0 Å². The second-order valence-corrected chi connectivity index (χ2v) is 6.57. The Morgan fingerprint density at radius 2 is 1.62 bits per heavy atom. The summed E-state index contributed by atoms with van der Waals surface area (Å²) in [4.78, 5) is 24.4. The Bertz CT molecular complexity index is 773. The quantitative estimate of drug-likeness (QED) is 0.727. The van der Waals surface area contributed by atoms with Gasteiger partial charge in [0.25, 0.3) is 11.8 Å². The van der Waals surface area contributed by atoms with Crippen LogP contribution in [0, 0.1) is 0 Å². The smallest absolute Gasteiger partial charge is 0.255 e. The highest BCUT2D eigenvalue weighted by Gasteiger charge is 2.12. The number of hydrogen-bond acceptors (Lipinski definition) is 3. The SMILES string of the molecule is COc1ccc(Cl)cc1C(=O)NCCNC(=O)c1ccc(C(C)C)cc1. The van der Waals surface area contributed by atoms with Crippen LogP contribution >= 0.6 is 11.6 Å². The molecule has 0 aliphatic rings. The van der Waals surface area contributed by atoms with Crippen LogP contribution in [0.25, 0.3) is 0 Å². The molecular formula is C20H23ClN2O3. The zero-order valence-electron chi connectivity index (χ0n) is 15.1. The van der Waals surface area contributed by atoms with Gasteiger partial charge in [-0.05, 0) is 41.8 Å². The molecule has 2 aromatic rings. The third-order valence-corrected chi connectivity index (χ3v) is 4.18. The molecule has 0 spiro atoms. The van der Waals surface area contributed by atoms with Gasteiger partial charge in [0.1, 0.15) is 5.75 Å². The van der Waals surface area contributed by atoms with E-state index in [1.165, 1.54) is 12.7 Å². The van der Waals surface area contributed by atoms with E-state index in [0.717, 1.165) is 0 Å². The molecule has 2 N–H and O–H groups in total. The topological polar surface area (TPSA) is 67.4 Å². The second-order valence-electron chi connectivity index (χ2n) is 6.13. The van der Waals surface area contributed by atoms with Crippen LogP contribution in [0.1, 0.15) is 46.0 Å². The Kier molecular flexibility index (Phi) is 7.04. The van der Waals surface area contributed by atoms with Crippen molar-refractivity contribution in [3.63, 3.8) is 0 Å². The molecule has 0 bridgehead atoms. The summed E-state index contributed by atoms with van der Waals surface area (Å²) in [5.41, 5.74) is 2.14. The van der Waals surface area contributed by atoms with Gasteiger partial charge < -0.3 is 15.4 Å². The number of rotatable bonds is 7. The van der Waals surface area contributed by atoms with Gasteiger partial charge in [0.2, 0.25) is 0 Å². The van der Waals surface area contributed by atoms with E-state index in [1.54, 1.807) is 30.3 Å². The van der Waals surface area contributed by atoms with Crippen molar-refractivity contribution in [2.24, 2.45) is 0 Å². The fourth-order valence-corrected chi connectivity index (χ4v) is 2.60. The van der Waals surface area contributed by atoms with E-state index < -0.39 is 0 Å². The van der Waals surface area contributed by atoms with Crippen LogP contribution in [0.5, 0.6) is 5.75 Å². The Labute approximate surface area is 158 Å². The van der Waals surface area contributed by atoms with Crippen LogP contribution in [0.3, 0.4) is 0 Å². The number of ether oxygens (including phenoxy) is 1. The lowest BCUT2D eigenvalue weighted by Gasteiger charge is -2.11. The molecule has 5 nitrogen and oxygen atoms in total. The van der Waals surface area contributed by atoms with Gasteiger partial charge in [-0.15, -0.1) is 0 Å². The number of carbonyl (C=O) groups excluding carboxylic acids is 2. The zero-order chi connectivity index (χ0) is 19.1. The highest BCUT2D eigenvalue weighted by Crippen LogP contribution is 2.22. The van der Waals surface area contributed by atoms with Crippen molar-refractivity contribution >= 4 is 23.4 Å². The first-order chi connectivity index (χ1) is 12.4. The van der Waals surface area contributed by atoms with Crippen molar-refractivity contribution in [2.75, 3.05) is 20.2 Å². The van der Waals surface area contributed by atoms with Crippen LogP contribution < -0.4 is 15.4 Å². The molecule has 0 aliphatic carbocycles. The van der Waals surface area contributed by atoms with E-state index in [2.05, 4.69) is 24.5 Å². The lowest BCUT2D eigenvalue weighted by atomic mass is 10.0. The third kappa shape index (κ3) is 5.23. The van der Waals surface area contributed by atoms with Gasteiger partial charge in [0.05, 0.1) is 12.7 Å². The molecule has 6 heteroatoms. The largest absolute Gasteiger partial charge is 0.496 e. The van der Waals surface area contributed by atoms with Crippen molar-refractivity contribution in [3.8, 4) is 5.75 Å². The number of amides is 2. The van der Waals surface area contributed by atoms with Gasteiger partial charge >= 0.3 is 0 Å². The van der Waals surface area contributed by atoms with Crippen LogP contribution in [-0.4, -0.2) is 32.0 Å². The summed E-state index contributed by atoms with van der Waals surface area (Å²) in [7, 11) is 1.49. The van der Waals surface area contributed by atoms with Crippen molar-refractivity contribution in [1.82, 2.24) is 10.6 Å². The average Bonchev–Trinajstić information content (AvgIpc) is 2.64.